The van der Waals surface area contributed by atoms with E-state index in [-0.39, 0.29) is 30.1 Å². The van der Waals surface area contributed by atoms with Crippen LogP contribution < -0.4 is 0 Å². The van der Waals surface area contributed by atoms with Gasteiger partial charge in [0, 0.05) is 25.6 Å². The Labute approximate surface area is 143 Å². The number of amides is 2. The second-order valence-corrected chi connectivity index (χ2v) is 6.90. The molecule has 2 fully saturated rings. The van der Waals surface area contributed by atoms with Crippen molar-refractivity contribution >= 4 is 11.8 Å². The second-order valence-electron chi connectivity index (χ2n) is 6.90. The summed E-state index contributed by atoms with van der Waals surface area (Å²) in [5.41, 5.74) is -2.55. The largest absolute Gasteiger partial charge is 0.334 e. The van der Waals surface area contributed by atoms with Gasteiger partial charge in [-0.15, -0.1) is 0 Å². The minimum Gasteiger partial charge on any atom is -0.334 e. The minimum absolute atomic E-state index is 0.0788. The van der Waals surface area contributed by atoms with E-state index in [2.05, 4.69) is 15.2 Å². The summed E-state index contributed by atoms with van der Waals surface area (Å²) >= 11 is 0. The highest BCUT2D eigenvalue weighted by atomic mass is 19.2. The number of hydrogen-bond donors (Lipinski definition) is 1. The lowest BCUT2D eigenvalue weighted by atomic mass is 9.89. The molecule has 134 valence electrons. The number of aromatic amines is 1. The van der Waals surface area contributed by atoms with Gasteiger partial charge in [-0.3, -0.25) is 14.7 Å². The highest BCUT2D eigenvalue weighted by Crippen LogP contribution is 2.40. The summed E-state index contributed by atoms with van der Waals surface area (Å²) in [7, 11) is 0. The molecule has 3 atom stereocenters. The summed E-state index contributed by atoms with van der Waals surface area (Å²) in [6.07, 6.45) is 3.89. The molecular formula is C16H19F2N5O2. The number of carbonyl (C=O) groups excluding carboxylic acids is 2. The van der Waals surface area contributed by atoms with E-state index in [1.807, 2.05) is 0 Å². The summed E-state index contributed by atoms with van der Waals surface area (Å²) in [6, 6.07) is -0.276. The van der Waals surface area contributed by atoms with Crippen LogP contribution in [-0.4, -0.2) is 68.1 Å². The van der Waals surface area contributed by atoms with Crippen LogP contribution in [0, 0.1) is 5.92 Å². The van der Waals surface area contributed by atoms with Crippen molar-refractivity contribution in [3.05, 3.63) is 24.1 Å². The Morgan fingerprint density at radius 1 is 1.36 bits per heavy atom. The van der Waals surface area contributed by atoms with Crippen LogP contribution in [0.15, 0.2) is 18.2 Å². The molecule has 7 nitrogen and oxygen atoms in total. The van der Waals surface area contributed by atoms with Crippen LogP contribution in [0.4, 0.5) is 8.78 Å². The van der Waals surface area contributed by atoms with E-state index in [1.165, 1.54) is 17.3 Å². The molecular weight excluding hydrogens is 332 g/mol. The molecule has 25 heavy (non-hydrogen) atoms. The van der Waals surface area contributed by atoms with Crippen molar-refractivity contribution in [3.63, 3.8) is 0 Å². The Hall–Kier alpha value is -2.32. The molecule has 1 aliphatic carbocycles. The van der Waals surface area contributed by atoms with Crippen LogP contribution in [0.1, 0.15) is 36.3 Å². The molecule has 2 amide bonds. The van der Waals surface area contributed by atoms with E-state index in [4.69, 9.17) is 0 Å². The molecule has 3 aliphatic rings. The Kier molecular flexibility index (Phi) is 3.81. The average Bonchev–Trinajstić information content (AvgIpc) is 3.33. The third kappa shape index (κ3) is 2.52. The van der Waals surface area contributed by atoms with Gasteiger partial charge in [-0.2, -0.15) is 5.10 Å². The molecule has 1 aromatic rings. The number of H-pyrrole nitrogens is 1. The van der Waals surface area contributed by atoms with Crippen molar-refractivity contribution < 1.29 is 18.4 Å². The molecule has 0 radical (unpaired) electrons. The van der Waals surface area contributed by atoms with Crippen LogP contribution in [0.3, 0.4) is 0 Å². The number of fused-ring (bicyclic) bond motifs is 1. The SMILES string of the molecule is O=C(c1ncn[nH]1)N1C[C@@H]2CCN(C(=O)[C@]3(F)CCCC=C3F)[C@@H]2C1. The molecule has 2 saturated heterocycles. The average molecular weight is 351 g/mol. The maximum Gasteiger partial charge on any atom is 0.291 e. The fourth-order valence-corrected chi connectivity index (χ4v) is 4.13. The van der Waals surface area contributed by atoms with Crippen LogP contribution in [0.25, 0.3) is 0 Å². The minimum atomic E-state index is -2.55. The van der Waals surface area contributed by atoms with Crippen molar-refractivity contribution in [1.29, 1.82) is 0 Å². The Balaban J connectivity index is 1.50. The van der Waals surface area contributed by atoms with E-state index in [1.54, 1.807) is 4.90 Å². The quantitative estimate of drug-likeness (QED) is 0.869. The third-order valence-electron chi connectivity index (χ3n) is 5.48. The Morgan fingerprint density at radius 3 is 2.92 bits per heavy atom. The summed E-state index contributed by atoms with van der Waals surface area (Å²) < 4.78 is 29.0. The first-order valence-corrected chi connectivity index (χ1v) is 8.51. The van der Waals surface area contributed by atoms with Gasteiger partial charge >= 0.3 is 0 Å². The molecule has 2 aliphatic heterocycles. The molecule has 0 aromatic carbocycles. The number of carbonyl (C=O) groups is 2. The molecule has 0 unspecified atom stereocenters. The highest BCUT2D eigenvalue weighted by Gasteiger charge is 2.53. The van der Waals surface area contributed by atoms with Crippen LogP contribution >= 0.6 is 0 Å². The molecule has 4 rings (SSSR count). The number of likely N-dealkylation sites (tertiary alicyclic amines) is 2. The normalized spacial score (nSPS) is 31.8. The van der Waals surface area contributed by atoms with Crippen molar-refractivity contribution in [1.82, 2.24) is 25.0 Å². The Bertz CT molecular complexity index is 722. The zero-order valence-electron chi connectivity index (χ0n) is 13.6. The first-order valence-electron chi connectivity index (χ1n) is 8.51. The van der Waals surface area contributed by atoms with Gasteiger partial charge < -0.3 is 9.80 Å². The lowest BCUT2D eigenvalue weighted by Crippen LogP contribution is -2.51. The third-order valence-corrected chi connectivity index (χ3v) is 5.48. The number of aromatic nitrogens is 3. The van der Waals surface area contributed by atoms with Gasteiger partial charge in [0.25, 0.3) is 11.8 Å². The van der Waals surface area contributed by atoms with Gasteiger partial charge in [0.15, 0.2) is 0 Å². The molecule has 1 N–H and O–H groups in total. The maximum absolute atomic E-state index is 15.0. The summed E-state index contributed by atoms with van der Waals surface area (Å²) in [5, 5.41) is 6.19. The monoisotopic (exact) mass is 351 g/mol. The lowest BCUT2D eigenvalue weighted by Gasteiger charge is -2.33. The number of rotatable bonds is 2. The number of nitrogens with zero attached hydrogens (tertiary/aromatic N) is 4. The summed E-state index contributed by atoms with van der Waals surface area (Å²) in [4.78, 5) is 32.0. The number of hydrogen-bond acceptors (Lipinski definition) is 4. The number of halogens is 2. The van der Waals surface area contributed by atoms with E-state index in [0.29, 0.717) is 38.9 Å². The fraction of sp³-hybridized carbons (Fsp3) is 0.625. The predicted molar refractivity (Wildman–Crippen MR) is 82.8 cm³/mol. The van der Waals surface area contributed by atoms with E-state index < -0.39 is 17.4 Å². The zero-order valence-corrected chi connectivity index (χ0v) is 13.6. The van der Waals surface area contributed by atoms with Crippen LogP contribution in [0.2, 0.25) is 0 Å². The van der Waals surface area contributed by atoms with Crippen molar-refractivity contribution in [2.45, 2.75) is 37.4 Å². The van der Waals surface area contributed by atoms with Crippen LogP contribution in [-0.2, 0) is 4.79 Å². The fourth-order valence-electron chi connectivity index (χ4n) is 4.13. The smallest absolute Gasteiger partial charge is 0.291 e. The number of nitrogens with one attached hydrogen (secondary N) is 1. The topological polar surface area (TPSA) is 82.2 Å². The van der Waals surface area contributed by atoms with Gasteiger partial charge in [-0.25, -0.2) is 13.8 Å². The zero-order chi connectivity index (χ0) is 17.6. The van der Waals surface area contributed by atoms with Crippen molar-refractivity contribution in [2.24, 2.45) is 5.92 Å². The van der Waals surface area contributed by atoms with E-state index >= 15 is 4.39 Å². The summed E-state index contributed by atoms with van der Waals surface area (Å²) in [6.45, 7) is 1.18. The molecule has 0 saturated carbocycles. The molecule has 0 bridgehead atoms. The first-order chi connectivity index (χ1) is 12.0. The van der Waals surface area contributed by atoms with Crippen LogP contribution in [0.5, 0.6) is 0 Å². The molecule has 0 spiro atoms. The first kappa shape index (κ1) is 16.2. The molecule has 3 heterocycles. The second kappa shape index (κ2) is 5.89. The highest BCUT2D eigenvalue weighted by molar-refractivity contribution is 5.91. The number of allylic oxidation sites excluding steroid dienone is 1. The predicted octanol–water partition coefficient (Wildman–Crippen LogP) is 1.22. The van der Waals surface area contributed by atoms with Crippen molar-refractivity contribution in [3.8, 4) is 0 Å². The van der Waals surface area contributed by atoms with Gasteiger partial charge in [0.05, 0.1) is 6.04 Å². The molecule has 9 heteroatoms. The standard InChI is InChI=1S/C16H19F2N5O2/c17-12-3-1-2-5-16(12,18)15(25)23-6-4-10-7-22(8-11(10)23)14(24)13-19-9-20-21-13/h3,9-11H,1-2,4-8H2,(H,19,20,21)/t10-,11+,16-/m0/s1. The summed E-state index contributed by atoms with van der Waals surface area (Å²) in [5.74, 6) is -1.85. The van der Waals surface area contributed by atoms with Crippen molar-refractivity contribution in [2.75, 3.05) is 19.6 Å². The molecule has 1 aromatic heterocycles. The number of alkyl halides is 1. The maximum atomic E-state index is 15.0. The lowest BCUT2D eigenvalue weighted by molar-refractivity contribution is -0.144. The Morgan fingerprint density at radius 2 is 2.20 bits per heavy atom. The van der Waals surface area contributed by atoms with Gasteiger partial charge in [-0.1, -0.05) is 0 Å². The van der Waals surface area contributed by atoms with E-state index in [0.717, 1.165) is 0 Å². The van der Waals surface area contributed by atoms with Gasteiger partial charge in [-0.05, 0) is 31.8 Å². The van der Waals surface area contributed by atoms with Gasteiger partial charge in [0.1, 0.15) is 12.2 Å². The van der Waals surface area contributed by atoms with Gasteiger partial charge in [0.2, 0.25) is 11.5 Å². The van der Waals surface area contributed by atoms with E-state index in [9.17, 15) is 14.0 Å².